The van der Waals surface area contributed by atoms with E-state index in [9.17, 15) is 14.4 Å². The van der Waals surface area contributed by atoms with Gasteiger partial charge in [-0.25, -0.2) is 0 Å². The average Bonchev–Trinajstić information content (AvgIpc) is 2.15. The van der Waals surface area contributed by atoms with Crippen molar-refractivity contribution >= 4 is 11.9 Å². The molecular formula is C10H12N2O4. The lowest BCUT2D eigenvalue weighted by molar-refractivity contribution is -0.137. The average molecular weight is 224 g/mol. The van der Waals surface area contributed by atoms with E-state index >= 15 is 0 Å². The molecule has 0 atom stereocenters. The van der Waals surface area contributed by atoms with Crippen LogP contribution in [0.1, 0.15) is 15.9 Å². The number of hydrogen-bond acceptors (Lipinski definition) is 3. The zero-order chi connectivity index (χ0) is 12.3. The lowest BCUT2D eigenvalue weighted by Crippen LogP contribution is -2.32. The van der Waals surface area contributed by atoms with E-state index in [1.165, 1.54) is 19.3 Å². The molecule has 2 N–H and O–H groups in total. The number of carboxylic acids is 1. The second kappa shape index (κ2) is 4.61. The third-order valence-electron chi connectivity index (χ3n) is 2.08. The first-order valence-electron chi connectivity index (χ1n) is 4.58. The number of carbonyl (C=O) groups is 2. The van der Waals surface area contributed by atoms with Gasteiger partial charge in [-0.15, -0.1) is 0 Å². The maximum atomic E-state index is 11.8. The molecule has 6 nitrogen and oxygen atoms in total. The van der Waals surface area contributed by atoms with Crippen LogP contribution >= 0.6 is 0 Å². The van der Waals surface area contributed by atoms with Crippen molar-refractivity contribution in [3.63, 3.8) is 0 Å². The van der Waals surface area contributed by atoms with Crippen LogP contribution in [0.5, 0.6) is 0 Å². The number of carbonyl (C=O) groups excluding carboxylic acids is 1. The van der Waals surface area contributed by atoms with Crippen LogP contribution < -0.4 is 5.56 Å². The van der Waals surface area contributed by atoms with Crippen molar-refractivity contribution in [2.24, 2.45) is 0 Å². The highest BCUT2D eigenvalue weighted by Crippen LogP contribution is 2.06. The summed E-state index contributed by atoms with van der Waals surface area (Å²) >= 11 is 0. The third kappa shape index (κ3) is 2.69. The second-order valence-electron chi connectivity index (χ2n) is 3.45. The zero-order valence-corrected chi connectivity index (χ0v) is 8.98. The number of hydrogen-bond donors (Lipinski definition) is 2. The fraction of sp³-hybridized carbons (Fsp3) is 0.300. The van der Waals surface area contributed by atoms with Gasteiger partial charge in [0.15, 0.2) is 0 Å². The van der Waals surface area contributed by atoms with Crippen LogP contribution in [0.15, 0.2) is 17.1 Å². The van der Waals surface area contributed by atoms with E-state index in [1.54, 1.807) is 6.92 Å². The Balaban J connectivity index is 2.96. The molecule has 1 heterocycles. The first kappa shape index (κ1) is 12.0. The summed E-state index contributed by atoms with van der Waals surface area (Å²) in [6.45, 7) is 1.24. The minimum atomic E-state index is -1.09. The van der Waals surface area contributed by atoms with E-state index < -0.39 is 11.9 Å². The molecule has 16 heavy (non-hydrogen) atoms. The molecule has 0 fully saturated rings. The van der Waals surface area contributed by atoms with Gasteiger partial charge >= 0.3 is 5.97 Å². The van der Waals surface area contributed by atoms with Crippen LogP contribution in [0.3, 0.4) is 0 Å². The van der Waals surface area contributed by atoms with Gasteiger partial charge in [0.05, 0.1) is 5.56 Å². The Morgan fingerprint density at radius 3 is 2.62 bits per heavy atom. The van der Waals surface area contributed by atoms with Crippen LogP contribution in [0.25, 0.3) is 0 Å². The van der Waals surface area contributed by atoms with E-state index in [2.05, 4.69) is 4.98 Å². The number of aliphatic carboxylic acids is 1. The fourth-order valence-electron chi connectivity index (χ4n) is 1.28. The normalized spacial score (nSPS) is 9.88. The van der Waals surface area contributed by atoms with Crippen LogP contribution in [0, 0.1) is 6.92 Å². The molecule has 0 unspecified atom stereocenters. The van der Waals surface area contributed by atoms with E-state index in [-0.39, 0.29) is 12.1 Å². The predicted octanol–water partition coefficient (Wildman–Crippen LogP) is -0.160. The molecule has 0 saturated heterocycles. The molecule has 1 aromatic heterocycles. The van der Waals surface area contributed by atoms with E-state index in [4.69, 9.17) is 5.11 Å². The first-order chi connectivity index (χ1) is 7.41. The number of aryl methyl sites for hydroxylation is 1. The highest BCUT2D eigenvalue weighted by atomic mass is 16.4. The van der Waals surface area contributed by atoms with Gasteiger partial charge in [-0.05, 0) is 12.5 Å². The SMILES string of the molecule is Cc1cc(=O)[nH]cc1C(=O)N(C)CC(=O)O. The number of likely N-dealkylation sites (N-methyl/N-ethyl adjacent to an activating group) is 1. The zero-order valence-electron chi connectivity index (χ0n) is 8.98. The molecule has 86 valence electrons. The van der Waals surface area contributed by atoms with Gasteiger partial charge in [-0.3, -0.25) is 14.4 Å². The van der Waals surface area contributed by atoms with Gasteiger partial charge in [0.2, 0.25) is 5.56 Å². The first-order valence-corrected chi connectivity index (χ1v) is 4.58. The van der Waals surface area contributed by atoms with Crippen molar-refractivity contribution in [2.45, 2.75) is 6.92 Å². The number of aromatic amines is 1. The summed E-state index contributed by atoms with van der Waals surface area (Å²) < 4.78 is 0. The highest BCUT2D eigenvalue weighted by molar-refractivity contribution is 5.96. The molecule has 0 aliphatic rings. The molecule has 1 aromatic rings. The number of nitrogens with zero attached hydrogens (tertiary/aromatic N) is 1. The molecule has 0 spiro atoms. The fourth-order valence-corrected chi connectivity index (χ4v) is 1.28. The van der Waals surface area contributed by atoms with Crippen LogP contribution in [0.4, 0.5) is 0 Å². The maximum Gasteiger partial charge on any atom is 0.323 e. The summed E-state index contributed by atoms with van der Waals surface area (Å²) in [7, 11) is 1.39. The van der Waals surface area contributed by atoms with Crippen molar-refractivity contribution in [1.82, 2.24) is 9.88 Å². The van der Waals surface area contributed by atoms with Gasteiger partial charge in [0.25, 0.3) is 5.91 Å². The number of rotatable bonds is 3. The number of amides is 1. The van der Waals surface area contributed by atoms with Gasteiger partial charge in [0.1, 0.15) is 6.54 Å². The van der Waals surface area contributed by atoms with E-state index in [1.807, 2.05) is 0 Å². The minimum absolute atomic E-state index is 0.295. The summed E-state index contributed by atoms with van der Waals surface area (Å²) in [5, 5.41) is 8.54. The smallest absolute Gasteiger partial charge is 0.323 e. The molecule has 1 amide bonds. The molecule has 0 aliphatic carbocycles. The molecule has 0 bridgehead atoms. The van der Waals surface area contributed by atoms with Gasteiger partial charge in [-0.2, -0.15) is 0 Å². The molecule has 1 rings (SSSR count). The van der Waals surface area contributed by atoms with Crippen LogP contribution in [-0.2, 0) is 4.79 Å². The molecule has 0 aliphatic heterocycles. The largest absolute Gasteiger partial charge is 0.480 e. The van der Waals surface area contributed by atoms with Crippen molar-refractivity contribution in [1.29, 1.82) is 0 Å². The number of H-pyrrole nitrogens is 1. The Bertz CT molecular complexity index is 478. The minimum Gasteiger partial charge on any atom is -0.480 e. The van der Waals surface area contributed by atoms with Crippen LogP contribution in [-0.4, -0.2) is 40.5 Å². The van der Waals surface area contributed by atoms with E-state index in [0.717, 1.165) is 4.90 Å². The van der Waals surface area contributed by atoms with Crippen molar-refractivity contribution in [3.05, 3.63) is 33.7 Å². The van der Waals surface area contributed by atoms with Gasteiger partial charge in [0, 0.05) is 19.3 Å². The Morgan fingerprint density at radius 1 is 1.50 bits per heavy atom. The molecular weight excluding hydrogens is 212 g/mol. The summed E-state index contributed by atoms with van der Waals surface area (Å²) in [6.07, 6.45) is 1.29. The Labute approximate surface area is 91.5 Å². The maximum absolute atomic E-state index is 11.8. The predicted molar refractivity (Wildman–Crippen MR) is 56.4 cm³/mol. The van der Waals surface area contributed by atoms with Crippen molar-refractivity contribution in [3.8, 4) is 0 Å². The topological polar surface area (TPSA) is 90.5 Å². The quantitative estimate of drug-likeness (QED) is 0.746. The Kier molecular flexibility index (Phi) is 3.44. The lowest BCUT2D eigenvalue weighted by Gasteiger charge is -2.15. The summed E-state index contributed by atoms with van der Waals surface area (Å²) in [5.41, 5.74) is 0.518. The van der Waals surface area contributed by atoms with Crippen molar-refractivity contribution in [2.75, 3.05) is 13.6 Å². The summed E-state index contributed by atoms with van der Waals surface area (Å²) in [6, 6.07) is 1.29. The van der Waals surface area contributed by atoms with E-state index in [0.29, 0.717) is 11.1 Å². The Hall–Kier alpha value is -2.11. The monoisotopic (exact) mass is 224 g/mol. The number of pyridine rings is 1. The molecule has 0 radical (unpaired) electrons. The van der Waals surface area contributed by atoms with Gasteiger partial charge < -0.3 is 15.0 Å². The summed E-state index contributed by atoms with van der Waals surface area (Å²) in [5.74, 6) is -1.52. The van der Waals surface area contributed by atoms with Crippen LogP contribution in [0.2, 0.25) is 0 Å². The number of carboxylic acid groups (broad SMARTS) is 1. The highest BCUT2D eigenvalue weighted by Gasteiger charge is 2.16. The molecule has 6 heteroatoms. The third-order valence-corrected chi connectivity index (χ3v) is 2.08. The summed E-state index contributed by atoms with van der Waals surface area (Å²) in [4.78, 5) is 36.6. The lowest BCUT2D eigenvalue weighted by atomic mass is 10.1. The Morgan fingerprint density at radius 2 is 2.12 bits per heavy atom. The molecule has 0 saturated carbocycles. The van der Waals surface area contributed by atoms with Crippen molar-refractivity contribution < 1.29 is 14.7 Å². The van der Waals surface area contributed by atoms with Gasteiger partial charge in [-0.1, -0.05) is 0 Å². The number of aromatic nitrogens is 1. The second-order valence-corrected chi connectivity index (χ2v) is 3.45. The molecule has 0 aromatic carbocycles. The standard InChI is InChI=1S/C10H12N2O4/c1-6-3-8(13)11-4-7(6)10(16)12(2)5-9(14)15/h3-4H,5H2,1-2H3,(H,11,13)(H,14,15). The number of nitrogens with one attached hydrogen (secondary N) is 1.